The molecule has 2 aromatic carbocycles. The number of para-hydroxylation sites is 1. The third-order valence-electron chi connectivity index (χ3n) is 2.67. The Bertz CT molecular complexity index is 716. The molecular weight excluding hydrogens is 212 g/mol. The van der Waals surface area contributed by atoms with Crippen LogP contribution in [0.1, 0.15) is 0 Å². The van der Waals surface area contributed by atoms with Crippen LogP contribution in [-0.2, 0) is 0 Å². The van der Waals surface area contributed by atoms with E-state index in [-0.39, 0.29) is 6.61 Å². The summed E-state index contributed by atoms with van der Waals surface area (Å²) in [5.74, 6) is 3.22. The van der Waals surface area contributed by atoms with Crippen LogP contribution in [0, 0.1) is 12.3 Å². The van der Waals surface area contributed by atoms with Gasteiger partial charge in [0.25, 0.3) is 0 Å². The summed E-state index contributed by atoms with van der Waals surface area (Å²) in [6.07, 6.45) is 5.17. The molecule has 0 aliphatic carbocycles. The van der Waals surface area contributed by atoms with Gasteiger partial charge in [0.2, 0.25) is 0 Å². The number of furan rings is 1. The van der Waals surface area contributed by atoms with Gasteiger partial charge in [-0.15, -0.1) is 6.42 Å². The van der Waals surface area contributed by atoms with Crippen molar-refractivity contribution in [3.05, 3.63) is 42.5 Å². The third kappa shape index (κ3) is 1.62. The maximum absolute atomic E-state index is 5.72. The van der Waals surface area contributed by atoms with Gasteiger partial charge < -0.3 is 9.15 Å². The number of benzene rings is 2. The molecule has 0 atom stereocenters. The molecular formula is C15H10O2. The summed E-state index contributed by atoms with van der Waals surface area (Å²) in [5, 5.41) is 2.14. The highest BCUT2D eigenvalue weighted by Crippen LogP contribution is 2.31. The second-order valence-corrected chi connectivity index (χ2v) is 3.75. The van der Waals surface area contributed by atoms with Gasteiger partial charge in [0.05, 0.1) is 0 Å². The van der Waals surface area contributed by atoms with Gasteiger partial charge in [-0.3, -0.25) is 0 Å². The minimum Gasteiger partial charge on any atom is -0.481 e. The Morgan fingerprint density at radius 3 is 2.76 bits per heavy atom. The number of hydrogen-bond donors (Lipinski definition) is 0. The molecule has 0 saturated carbocycles. The topological polar surface area (TPSA) is 22.4 Å². The van der Waals surface area contributed by atoms with Crippen molar-refractivity contribution in [2.24, 2.45) is 0 Å². The predicted molar refractivity (Wildman–Crippen MR) is 68.0 cm³/mol. The molecule has 17 heavy (non-hydrogen) atoms. The van der Waals surface area contributed by atoms with Crippen molar-refractivity contribution in [2.45, 2.75) is 0 Å². The quantitative estimate of drug-likeness (QED) is 0.618. The summed E-state index contributed by atoms with van der Waals surface area (Å²) in [5.41, 5.74) is 1.75. The summed E-state index contributed by atoms with van der Waals surface area (Å²) < 4.78 is 11.1. The van der Waals surface area contributed by atoms with E-state index >= 15 is 0 Å². The van der Waals surface area contributed by atoms with Crippen LogP contribution in [0.2, 0.25) is 0 Å². The summed E-state index contributed by atoms with van der Waals surface area (Å²) >= 11 is 0. The zero-order chi connectivity index (χ0) is 11.7. The van der Waals surface area contributed by atoms with Crippen LogP contribution in [0.25, 0.3) is 21.9 Å². The molecule has 0 radical (unpaired) electrons. The van der Waals surface area contributed by atoms with Crippen molar-refractivity contribution < 1.29 is 9.15 Å². The fraction of sp³-hybridized carbons (Fsp3) is 0.0667. The lowest BCUT2D eigenvalue weighted by Gasteiger charge is -2.00. The number of hydrogen-bond acceptors (Lipinski definition) is 2. The van der Waals surface area contributed by atoms with Crippen LogP contribution in [0.5, 0.6) is 5.75 Å². The molecule has 0 spiro atoms. The second kappa shape index (κ2) is 3.88. The van der Waals surface area contributed by atoms with Gasteiger partial charge in [0.15, 0.2) is 0 Å². The molecule has 0 aliphatic heterocycles. The van der Waals surface area contributed by atoms with E-state index in [0.717, 1.165) is 27.7 Å². The Morgan fingerprint density at radius 2 is 1.88 bits per heavy atom. The van der Waals surface area contributed by atoms with Crippen LogP contribution < -0.4 is 4.74 Å². The standard InChI is InChI=1S/C15H10O2/c1-2-9-16-11-7-8-15-13(10-11)12-5-3-4-6-14(12)17-15/h1,3-8,10H,9H2. The maximum atomic E-state index is 5.72. The molecule has 0 aliphatic rings. The van der Waals surface area contributed by atoms with Gasteiger partial charge in [0, 0.05) is 10.8 Å². The van der Waals surface area contributed by atoms with Gasteiger partial charge in [-0.05, 0) is 24.3 Å². The minimum absolute atomic E-state index is 0.279. The molecule has 1 aromatic heterocycles. The van der Waals surface area contributed by atoms with Gasteiger partial charge in [-0.1, -0.05) is 24.1 Å². The van der Waals surface area contributed by atoms with E-state index in [1.807, 2.05) is 42.5 Å². The fourth-order valence-corrected chi connectivity index (χ4v) is 1.92. The second-order valence-electron chi connectivity index (χ2n) is 3.75. The van der Waals surface area contributed by atoms with E-state index in [9.17, 15) is 0 Å². The normalized spacial score (nSPS) is 10.5. The summed E-state index contributed by atoms with van der Waals surface area (Å²) in [6, 6.07) is 13.7. The average molecular weight is 222 g/mol. The van der Waals surface area contributed by atoms with E-state index in [1.165, 1.54) is 0 Å². The Morgan fingerprint density at radius 1 is 1.06 bits per heavy atom. The SMILES string of the molecule is C#CCOc1ccc2oc3ccccc3c2c1. The Hall–Kier alpha value is -2.40. The molecule has 0 fully saturated rings. The van der Waals surface area contributed by atoms with Crippen LogP contribution in [0.4, 0.5) is 0 Å². The zero-order valence-corrected chi connectivity index (χ0v) is 9.14. The highest BCUT2D eigenvalue weighted by Gasteiger charge is 2.06. The first-order valence-electron chi connectivity index (χ1n) is 5.36. The van der Waals surface area contributed by atoms with E-state index in [1.54, 1.807) is 0 Å². The monoisotopic (exact) mass is 222 g/mol. The Kier molecular flexibility index (Phi) is 2.23. The molecule has 82 valence electrons. The van der Waals surface area contributed by atoms with Crippen molar-refractivity contribution in [1.29, 1.82) is 0 Å². The van der Waals surface area contributed by atoms with Crippen molar-refractivity contribution >= 4 is 21.9 Å². The zero-order valence-electron chi connectivity index (χ0n) is 9.14. The smallest absolute Gasteiger partial charge is 0.148 e. The molecule has 0 unspecified atom stereocenters. The Labute approximate surface area is 98.8 Å². The largest absolute Gasteiger partial charge is 0.481 e. The molecule has 3 rings (SSSR count). The van der Waals surface area contributed by atoms with E-state index in [4.69, 9.17) is 15.6 Å². The molecule has 2 heteroatoms. The van der Waals surface area contributed by atoms with Crippen molar-refractivity contribution in [2.75, 3.05) is 6.61 Å². The summed E-state index contributed by atoms with van der Waals surface area (Å²) in [4.78, 5) is 0. The lowest BCUT2D eigenvalue weighted by atomic mass is 10.1. The fourth-order valence-electron chi connectivity index (χ4n) is 1.92. The van der Waals surface area contributed by atoms with Crippen molar-refractivity contribution in [3.63, 3.8) is 0 Å². The molecule has 0 amide bonds. The van der Waals surface area contributed by atoms with Crippen molar-refractivity contribution in [3.8, 4) is 18.1 Å². The van der Waals surface area contributed by atoms with Gasteiger partial charge in [0.1, 0.15) is 23.5 Å². The molecule has 0 bridgehead atoms. The molecule has 1 heterocycles. The third-order valence-corrected chi connectivity index (χ3v) is 2.67. The van der Waals surface area contributed by atoms with Crippen molar-refractivity contribution in [1.82, 2.24) is 0 Å². The van der Waals surface area contributed by atoms with E-state index < -0.39 is 0 Å². The lowest BCUT2D eigenvalue weighted by molar-refractivity contribution is 0.371. The lowest BCUT2D eigenvalue weighted by Crippen LogP contribution is -1.92. The molecule has 3 aromatic rings. The van der Waals surface area contributed by atoms with Crippen LogP contribution in [-0.4, -0.2) is 6.61 Å². The first-order valence-corrected chi connectivity index (χ1v) is 5.36. The number of fused-ring (bicyclic) bond motifs is 3. The van der Waals surface area contributed by atoms with Gasteiger partial charge >= 0.3 is 0 Å². The van der Waals surface area contributed by atoms with E-state index in [0.29, 0.717) is 0 Å². The van der Waals surface area contributed by atoms with Gasteiger partial charge in [-0.25, -0.2) is 0 Å². The molecule has 0 saturated heterocycles. The van der Waals surface area contributed by atoms with Gasteiger partial charge in [-0.2, -0.15) is 0 Å². The predicted octanol–water partition coefficient (Wildman–Crippen LogP) is 3.60. The highest BCUT2D eigenvalue weighted by molar-refractivity contribution is 6.05. The van der Waals surface area contributed by atoms with Crippen LogP contribution in [0.3, 0.4) is 0 Å². The summed E-state index contributed by atoms with van der Waals surface area (Å²) in [7, 11) is 0. The highest BCUT2D eigenvalue weighted by atomic mass is 16.5. The Balaban J connectivity index is 2.20. The number of ether oxygens (including phenoxy) is 1. The maximum Gasteiger partial charge on any atom is 0.148 e. The minimum atomic E-state index is 0.279. The van der Waals surface area contributed by atoms with E-state index in [2.05, 4.69) is 5.92 Å². The number of terminal acetylenes is 1. The average Bonchev–Trinajstić information content (AvgIpc) is 2.74. The molecule has 2 nitrogen and oxygen atoms in total. The first kappa shape index (κ1) is 9.80. The van der Waals surface area contributed by atoms with Crippen LogP contribution in [0.15, 0.2) is 46.9 Å². The number of rotatable bonds is 2. The molecule has 0 N–H and O–H groups in total. The first-order chi connectivity index (χ1) is 8.38. The summed E-state index contributed by atoms with van der Waals surface area (Å²) in [6.45, 7) is 0.279. The van der Waals surface area contributed by atoms with Crippen LogP contribution >= 0.6 is 0 Å².